The summed E-state index contributed by atoms with van der Waals surface area (Å²) in [7, 11) is 0. The Morgan fingerprint density at radius 2 is 0.542 bits per heavy atom. The number of allylic oxidation sites excluding steroid dienone is 8. The summed E-state index contributed by atoms with van der Waals surface area (Å²) in [5.74, 6) is -0.879. The van der Waals surface area contributed by atoms with E-state index in [-0.39, 0.29) is 31.1 Å². The second kappa shape index (κ2) is 60.9. The van der Waals surface area contributed by atoms with Gasteiger partial charge in [0.05, 0.1) is 0 Å². The SMILES string of the molecule is CC/C=C\C/C=C\C/C=C\CCCCCCCC(=O)OCC(COC(=O)CCCCCCCCCCCCCCCCCCCCCCC)OC(=O)CCCCCCCCC/C=C\CCCCCCCCC. The lowest BCUT2D eigenvalue weighted by molar-refractivity contribution is -0.167. The van der Waals surface area contributed by atoms with Gasteiger partial charge in [-0.15, -0.1) is 0 Å². The molecule has 0 aromatic rings. The van der Waals surface area contributed by atoms with Gasteiger partial charge in [0.1, 0.15) is 13.2 Å². The van der Waals surface area contributed by atoms with Crippen LogP contribution in [0.4, 0.5) is 0 Å². The van der Waals surface area contributed by atoms with Crippen LogP contribution in [0.1, 0.15) is 335 Å². The largest absolute Gasteiger partial charge is 0.462 e. The van der Waals surface area contributed by atoms with Gasteiger partial charge in [-0.1, -0.05) is 288 Å². The quantitative estimate of drug-likeness (QED) is 0.0261. The number of carbonyl (C=O) groups excluding carboxylic acids is 3. The average molecular weight is 1010 g/mol. The Labute approximate surface area is 448 Å². The van der Waals surface area contributed by atoms with Gasteiger partial charge in [-0.25, -0.2) is 0 Å². The van der Waals surface area contributed by atoms with E-state index in [0.29, 0.717) is 19.3 Å². The Balaban J connectivity index is 4.33. The van der Waals surface area contributed by atoms with Gasteiger partial charge in [-0.2, -0.15) is 0 Å². The van der Waals surface area contributed by atoms with E-state index in [1.165, 1.54) is 199 Å². The molecule has 0 amide bonds. The summed E-state index contributed by atoms with van der Waals surface area (Å²) in [6.07, 6.45) is 75.4. The van der Waals surface area contributed by atoms with Crippen LogP contribution in [0.5, 0.6) is 0 Å². The zero-order valence-electron chi connectivity index (χ0n) is 48.2. The van der Waals surface area contributed by atoms with Crippen LogP contribution in [0, 0.1) is 0 Å². The maximum atomic E-state index is 12.9. The number of hydrogen-bond donors (Lipinski definition) is 0. The van der Waals surface area contributed by atoms with E-state index >= 15 is 0 Å². The number of ether oxygens (including phenoxy) is 3. The zero-order chi connectivity index (χ0) is 52.2. The van der Waals surface area contributed by atoms with Gasteiger partial charge in [0.2, 0.25) is 0 Å². The molecule has 0 heterocycles. The molecule has 0 saturated carbocycles. The van der Waals surface area contributed by atoms with Crippen molar-refractivity contribution in [3.63, 3.8) is 0 Å². The lowest BCUT2D eigenvalue weighted by atomic mass is 10.0. The first-order valence-electron chi connectivity index (χ1n) is 31.6. The first kappa shape index (κ1) is 69.4. The van der Waals surface area contributed by atoms with Crippen molar-refractivity contribution in [2.24, 2.45) is 0 Å². The molecule has 0 rings (SSSR count). The number of hydrogen-bond acceptors (Lipinski definition) is 6. The number of rotatable bonds is 58. The van der Waals surface area contributed by atoms with Crippen LogP contribution in [0.2, 0.25) is 0 Å². The van der Waals surface area contributed by atoms with Crippen LogP contribution < -0.4 is 0 Å². The minimum atomic E-state index is -0.781. The van der Waals surface area contributed by atoms with Crippen LogP contribution >= 0.6 is 0 Å². The third-order valence-corrected chi connectivity index (χ3v) is 14.1. The van der Waals surface area contributed by atoms with Crippen molar-refractivity contribution in [2.75, 3.05) is 13.2 Å². The third kappa shape index (κ3) is 58.3. The highest BCUT2D eigenvalue weighted by atomic mass is 16.6. The van der Waals surface area contributed by atoms with Crippen molar-refractivity contribution in [1.82, 2.24) is 0 Å². The van der Waals surface area contributed by atoms with Crippen molar-refractivity contribution in [3.05, 3.63) is 48.6 Å². The highest BCUT2D eigenvalue weighted by molar-refractivity contribution is 5.71. The second-order valence-electron chi connectivity index (χ2n) is 21.3. The lowest BCUT2D eigenvalue weighted by Crippen LogP contribution is -2.30. The van der Waals surface area contributed by atoms with Gasteiger partial charge in [-0.3, -0.25) is 14.4 Å². The zero-order valence-corrected chi connectivity index (χ0v) is 48.2. The minimum absolute atomic E-state index is 0.0769. The molecular weight excluding hydrogens is 889 g/mol. The number of unbranched alkanes of at least 4 members (excludes halogenated alkanes) is 39. The number of esters is 3. The van der Waals surface area contributed by atoms with Gasteiger partial charge in [-0.05, 0) is 77.0 Å². The summed E-state index contributed by atoms with van der Waals surface area (Å²) in [4.78, 5) is 38.3. The minimum Gasteiger partial charge on any atom is -0.462 e. The van der Waals surface area contributed by atoms with Gasteiger partial charge in [0.25, 0.3) is 0 Å². The molecule has 420 valence electrons. The smallest absolute Gasteiger partial charge is 0.306 e. The van der Waals surface area contributed by atoms with Crippen LogP contribution in [0.15, 0.2) is 48.6 Å². The lowest BCUT2D eigenvalue weighted by Gasteiger charge is -2.18. The fourth-order valence-electron chi connectivity index (χ4n) is 9.34. The van der Waals surface area contributed by atoms with Crippen LogP contribution in [0.25, 0.3) is 0 Å². The third-order valence-electron chi connectivity index (χ3n) is 14.1. The van der Waals surface area contributed by atoms with Crippen LogP contribution in [-0.4, -0.2) is 37.2 Å². The average Bonchev–Trinajstić information content (AvgIpc) is 3.38. The van der Waals surface area contributed by atoms with Crippen molar-refractivity contribution in [1.29, 1.82) is 0 Å². The molecule has 0 fully saturated rings. The van der Waals surface area contributed by atoms with Gasteiger partial charge in [0.15, 0.2) is 6.10 Å². The molecule has 0 spiro atoms. The fraction of sp³-hybridized carbons (Fsp3) is 0.833. The van der Waals surface area contributed by atoms with Crippen molar-refractivity contribution < 1.29 is 28.6 Å². The first-order valence-corrected chi connectivity index (χ1v) is 31.6. The molecule has 0 aliphatic carbocycles. The standard InChI is InChI=1S/C66H120O6/c1-4-7-10-13-16-19-22-25-28-30-32-33-34-36-38-41-44-47-50-53-56-59-65(68)71-62-63(61-70-64(67)58-55-52-49-46-43-40-37-27-24-21-18-15-12-9-6-3)72-66(69)60-57-54-51-48-45-42-39-35-31-29-26-23-20-17-14-11-8-5-2/h9,12,18,21,27,29,31,37,63H,4-8,10-11,13-17,19-20,22-26,28,30,32-36,38-62H2,1-3H3/b12-9-,21-18-,31-29-,37-27-. The summed E-state index contributed by atoms with van der Waals surface area (Å²) in [6.45, 7) is 6.56. The molecule has 6 heteroatoms. The molecule has 0 bridgehead atoms. The topological polar surface area (TPSA) is 78.9 Å². The molecular formula is C66H120O6. The van der Waals surface area contributed by atoms with E-state index in [1.807, 2.05) is 0 Å². The molecule has 72 heavy (non-hydrogen) atoms. The fourth-order valence-corrected chi connectivity index (χ4v) is 9.34. The van der Waals surface area contributed by atoms with E-state index < -0.39 is 6.10 Å². The van der Waals surface area contributed by atoms with E-state index in [2.05, 4.69) is 69.4 Å². The summed E-state index contributed by atoms with van der Waals surface area (Å²) in [5.41, 5.74) is 0. The van der Waals surface area contributed by atoms with Crippen molar-refractivity contribution in [2.45, 2.75) is 341 Å². The highest BCUT2D eigenvalue weighted by Gasteiger charge is 2.19. The van der Waals surface area contributed by atoms with Gasteiger partial charge >= 0.3 is 17.9 Å². The van der Waals surface area contributed by atoms with Crippen LogP contribution in [-0.2, 0) is 28.6 Å². The number of carbonyl (C=O) groups is 3. The van der Waals surface area contributed by atoms with Crippen molar-refractivity contribution in [3.8, 4) is 0 Å². The van der Waals surface area contributed by atoms with E-state index in [9.17, 15) is 14.4 Å². The summed E-state index contributed by atoms with van der Waals surface area (Å²) < 4.78 is 16.9. The van der Waals surface area contributed by atoms with Gasteiger partial charge in [0, 0.05) is 19.3 Å². The van der Waals surface area contributed by atoms with Crippen LogP contribution in [0.3, 0.4) is 0 Å². The molecule has 6 nitrogen and oxygen atoms in total. The summed E-state index contributed by atoms with van der Waals surface area (Å²) in [5, 5.41) is 0. The first-order chi connectivity index (χ1) is 35.5. The predicted octanol–water partition coefficient (Wildman–Crippen LogP) is 21.4. The predicted molar refractivity (Wildman–Crippen MR) is 312 cm³/mol. The normalized spacial score (nSPS) is 12.3. The molecule has 0 radical (unpaired) electrons. The summed E-state index contributed by atoms with van der Waals surface area (Å²) >= 11 is 0. The van der Waals surface area contributed by atoms with Gasteiger partial charge < -0.3 is 14.2 Å². The Kier molecular flexibility index (Phi) is 58.7. The Morgan fingerprint density at radius 3 is 0.861 bits per heavy atom. The molecule has 1 atom stereocenters. The Hall–Kier alpha value is -2.63. The second-order valence-corrected chi connectivity index (χ2v) is 21.3. The molecule has 0 aliphatic heterocycles. The van der Waals surface area contributed by atoms with E-state index in [4.69, 9.17) is 14.2 Å². The molecule has 0 aromatic heterocycles. The maximum Gasteiger partial charge on any atom is 0.306 e. The molecule has 0 aliphatic rings. The Morgan fingerprint density at radius 1 is 0.292 bits per heavy atom. The molecule has 0 saturated heterocycles. The summed E-state index contributed by atoms with van der Waals surface area (Å²) in [6, 6.07) is 0. The van der Waals surface area contributed by atoms with E-state index in [1.54, 1.807) is 0 Å². The van der Waals surface area contributed by atoms with E-state index in [0.717, 1.165) is 96.3 Å². The maximum absolute atomic E-state index is 12.9. The monoisotopic (exact) mass is 1010 g/mol. The molecule has 0 N–H and O–H groups in total. The molecule has 0 aromatic carbocycles. The highest BCUT2D eigenvalue weighted by Crippen LogP contribution is 2.17. The van der Waals surface area contributed by atoms with Crippen molar-refractivity contribution >= 4 is 17.9 Å². The molecule has 1 unspecified atom stereocenters. The Bertz CT molecular complexity index is 1250.